The molecule has 0 aromatic carbocycles. The topological polar surface area (TPSA) is 53.3 Å². The van der Waals surface area contributed by atoms with Gasteiger partial charge in [0.25, 0.3) is 0 Å². The van der Waals surface area contributed by atoms with Gasteiger partial charge in [-0.2, -0.15) is 0 Å². The monoisotopic (exact) mass is 226 g/mol. The van der Waals surface area contributed by atoms with Gasteiger partial charge < -0.3 is 19.9 Å². The molecule has 0 bridgehead atoms. The van der Waals surface area contributed by atoms with Gasteiger partial charge >= 0.3 is 0 Å². The molecule has 1 aromatic rings. The first kappa shape index (κ1) is 13.2. The van der Waals surface area contributed by atoms with Crippen LogP contribution in [-0.2, 0) is 6.54 Å². The molecular formula is C11H22N4O. The Bertz CT molecular complexity index is 274. The molecule has 1 aromatic heterocycles. The summed E-state index contributed by atoms with van der Waals surface area (Å²) in [6.07, 6.45) is 5.19. The Morgan fingerprint density at radius 1 is 1.50 bits per heavy atom. The fourth-order valence-corrected chi connectivity index (χ4v) is 1.60. The van der Waals surface area contributed by atoms with Gasteiger partial charge in [0, 0.05) is 38.1 Å². The van der Waals surface area contributed by atoms with E-state index in [2.05, 4.69) is 17.2 Å². The van der Waals surface area contributed by atoms with Gasteiger partial charge in [-0.05, 0) is 21.0 Å². The number of aromatic nitrogens is 2. The van der Waals surface area contributed by atoms with E-state index in [0.717, 1.165) is 6.54 Å². The maximum Gasteiger partial charge on any atom is 0.0946 e. The number of rotatable bonds is 7. The minimum atomic E-state index is -0.319. The summed E-state index contributed by atoms with van der Waals surface area (Å²) in [7, 11) is 3.91. The van der Waals surface area contributed by atoms with E-state index in [1.165, 1.54) is 0 Å². The van der Waals surface area contributed by atoms with E-state index in [1.54, 1.807) is 12.5 Å². The lowest BCUT2D eigenvalue weighted by Crippen LogP contribution is -2.40. The summed E-state index contributed by atoms with van der Waals surface area (Å²) in [6, 6.07) is 0.325. The van der Waals surface area contributed by atoms with Crippen molar-refractivity contribution in [3.63, 3.8) is 0 Å². The van der Waals surface area contributed by atoms with Crippen LogP contribution >= 0.6 is 0 Å². The van der Waals surface area contributed by atoms with Crippen molar-refractivity contribution in [2.75, 3.05) is 27.2 Å². The minimum Gasteiger partial charge on any atom is -0.390 e. The van der Waals surface area contributed by atoms with Crippen LogP contribution in [0.4, 0.5) is 0 Å². The van der Waals surface area contributed by atoms with Crippen molar-refractivity contribution in [3.05, 3.63) is 18.7 Å². The van der Waals surface area contributed by atoms with E-state index >= 15 is 0 Å². The molecule has 0 aliphatic rings. The summed E-state index contributed by atoms with van der Waals surface area (Å²) < 4.78 is 2.02. The second kappa shape index (κ2) is 6.62. The van der Waals surface area contributed by atoms with Crippen LogP contribution in [0.1, 0.15) is 6.92 Å². The largest absolute Gasteiger partial charge is 0.390 e. The lowest BCUT2D eigenvalue weighted by atomic mass is 10.3. The SMILES string of the molecule is CC(Cn1ccnc1)NCC(O)CN(C)C. The third kappa shape index (κ3) is 5.25. The Hall–Kier alpha value is -0.910. The average molecular weight is 226 g/mol. The number of aliphatic hydroxyl groups excluding tert-OH is 1. The first-order chi connectivity index (χ1) is 7.58. The van der Waals surface area contributed by atoms with Crippen LogP contribution in [0, 0.1) is 0 Å². The maximum atomic E-state index is 9.67. The molecule has 92 valence electrons. The number of imidazole rings is 1. The number of nitrogens with one attached hydrogen (secondary N) is 1. The minimum absolute atomic E-state index is 0.319. The second-order valence-corrected chi connectivity index (χ2v) is 4.48. The number of aliphatic hydroxyl groups is 1. The molecule has 0 aliphatic carbocycles. The Morgan fingerprint density at radius 2 is 2.25 bits per heavy atom. The highest BCUT2D eigenvalue weighted by atomic mass is 16.3. The Balaban J connectivity index is 2.17. The summed E-state index contributed by atoms with van der Waals surface area (Å²) in [5.41, 5.74) is 0. The van der Waals surface area contributed by atoms with Gasteiger partial charge in [0.2, 0.25) is 0 Å². The molecule has 0 amide bonds. The van der Waals surface area contributed by atoms with Crippen LogP contribution in [0.2, 0.25) is 0 Å². The molecule has 16 heavy (non-hydrogen) atoms. The van der Waals surface area contributed by atoms with Crippen LogP contribution in [0.5, 0.6) is 0 Å². The predicted octanol–water partition coefficient (Wildman–Crippen LogP) is -0.216. The van der Waals surface area contributed by atoms with Crippen molar-refractivity contribution < 1.29 is 5.11 Å². The van der Waals surface area contributed by atoms with Crippen LogP contribution in [-0.4, -0.2) is 58.9 Å². The van der Waals surface area contributed by atoms with Crippen LogP contribution in [0.15, 0.2) is 18.7 Å². The molecule has 5 heteroatoms. The molecule has 0 radical (unpaired) electrons. The van der Waals surface area contributed by atoms with E-state index in [1.807, 2.05) is 29.8 Å². The van der Waals surface area contributed by atoms with Crippen molar-refractivity contribution in [2.24, 2.45) is 0 Å². The highest BCUT2D eigenvalue weighted by molar-refractivity contribution is 4.77. The van der Waals surface area contributed by atoms with Crippen molar-refractivity contribution in [3.8, 4) is 0 Å². The van der Waals surface area contributed by atoms with Gasteiger partial charge in [0.05, 0.1) is 12.4 Å². The molecule has 0 aliphatic heterocycles. The summed E-state index contributed by atoms with van der Waals surface area (Å²) in [5.74, 6) is 0. The van der Waals surface area contributed by atoms with Crippen LogP contribution in [0.25, 0.3) is 0 Å². The number of nitrogens with zero attached hydrogens (tertiary/aromatic N) is 3. The van der Waals surface area contributed by atoms with E-state index in [0.29, 0.717) is 19.1 Å². The van der Waals surface area contributed by atoms with Gasteiger partial charge in [-0.3, -0.25) is 0 Å². The maximum absolute atomic E-state index is 9.67. The standard InChI is InChI=1S/C11H22N4O/c1-10(7-15-5-4-12-9-15)13-6-11(16)8-14(2)3/h4-5,9-11,13,16H,6-8H2,1-3H3. The molecule has 0 fully saturated rings. The van der Waals surface area contributed by atoms with Crippen LogP contribution in [0.3, 0.4) is 0 Å². The molecular weight excluding hydrogens is 204 g/mol. The number of hydrogen-bond donors (Lipinski definition) is 2. The predicted molar refractivity (Wildman–Crippen MR) is 64.3 cm³/mol. The van der Waals surface area contributed by atoms with Gasteiger partial charge in [-0.1, -0.05) is 0 Å². The number of hydrogen-bond acceptors (Lipinski definition) is 4. The van der Waals surface area contributed by atoms with E-state index in [9.17, 15) is 5.11 Å². The molecule has 2 unspecified atom stereocenters. The molecule has 0 saturated heterocycles. The second-order valence-electron chi connectivity index (χ2n) is 4.48. The lowest BCUT2D eigenvalue weighted by molar-refractivity contribution is 0.131. The molecule has 1 heterocycles. The smallest absolute Gasteiger partial charge is 0.0946 e. The van der Waals surface area contributed by atoms with Gasteiger partial charge in [-0.15, -0.1) is 0 Å². The summed E-state index contributed by atoms with van der Waals surface area (Å²) in [4.78, 5) is 5.97. The first-order valence-corrected chi connectivity index (χ1v) is 5.60. The summed E-state index contributed by atoms with van der Waals surface area (Å²) in [6.45, 7) is 4.27. The van der Waals surface area contributed by atoms with Gasteiger partial charge in [-0.25, -0.2) is 4.98 Å². The van der Waals surface area contributed by atoms with Crippen molar-refractivity contribution in [2.45, 2.75) is 25.6 Å². The zero-order valence-corrected chi connectivity index (χ0v) is 10.3. The normalized spacial score (nSPS) is 15.3. The van der Waals surface area contributed by atoms with Crippen molar-refractivity contribution in [1.29, 1.82) is 0 Å². The molecule has 2 N–H and O–H groups in total. The molecule has 2 atom stereocenters. The molecule has 1 rings (SSSR count). The summed E-state index contributed by atoms with van der Waals surface area (Å²) >= 11 is 0. The van der Waals surface area contributed by atoms with E-state index in [4.69, 9.17) is 0 Å². The molecule has 0 spiro atoms. The zero-order valence-electron chi connectivity index (χ0n) is 10.3. The summed E-state index contributed by atoms with van der Waals surface area (Å²) in [5, 5.41) is 13.0. The quantitative estimate of drug-likeness (QED) is 0.675. The van der Waals surface area contributed by atoms with E-state index < -0.39 is 0 Å². The molecule has 5 nitrogen and oxygen atoms in total. The lowest BCUT2D eigenvalue weighted by Gasteiger charge is -2.19. The Morgan fingerprint density at radius 3 is 2.81 bits per heavy atom. The third-order valence-electron chi connectivity index (χ3n) is 2.32. The highest BCUT2D eigenvalue weighted by Gasteiger charge is 2.08. The van der Waals surface area contributed by atoms with Crippen LogP contribution < -0.4 is 5.32 Å². The van der Waals surface area contributed by atoms with E-state index in [-0.39, 0.29) is 6.10 Å². The Kier molecular flexibility index (Phi) is 5.45. The van der Waals surface area contributed by atoms with Crippen molar-refractivity contribution >= 4 is 0 Å². The van der Waals surface area contributed by atoms with Crippen molar-refractivity contribution in [1.82, 2.24) is 19.8 Å². The van der Waals surface area contributed by atoms with Gasteiger partial charge in [0.15, 0.2) is 0 Å². The third-order valence-corrected chi connectivity index (χ3v) is 2.32. The molecule has 0 saturated carbocycles. The highest BCUT2D eigenvalue weighted by Crippen LogP contribution is 1.92. The fourth-order valence-electron chi connectivity index (χ4n) is 1.60. The average Bonchev–Trinajstić information content (AvgIpc) is 2.66. The number of likely N-dealkylation sites (N-methyl/N-ethyl adjacent to an activating group) is 1. The fraction of sp³-hybridized carbons (Fsp3) is 0.727. The first-order valence-electron chi connectivity index (χ1n) is 5.60. The Labute approximate surface area is 97.1 Å². The van der Waals surface area contributed by atoms with Gasteiger partial charge in [0.1, 0.15) is 0 Å². The zero-order chi connectivity index (χ0) is 12.0.